The summed E-state index contributed by atoms with van der Waals surface area (Å²) in [6.45, 7) is 9.20. The Morgan fingerprint density at radius 2 is 1.85 bits per heavy atom. The van der Waals surface area contributed by atoms with Crippen LogP contribution in [0, 0.1) is 6.92 Å². The molecule has 2 N–H and O–H groups in total. The number of halogens is 2. The number of amides is 1. The van der Waals surface area contributed by atoms with Crippen LogP contribution in [0.4, 0.5) is 22.7 Å². The third-order valence-electron chi connectivity index (χ3n) is 6.23. The predicted molar refractivity (Wildman–Crippen MR) is 147 cm³/mol. The van der Waals surface area contributed by atoms with Crippen LogP contribution in [0.1, 0.15) is 29.8 Å². The van der Waals surface area contributed by atoms with Gasteiger partial charge in [0, 0.05) is 53.1 Å². The quantitative estimate of drug-likeness (QED) is 0.381. The zero-order chi connectivity index (χ0) is 24.5. The van der Waals surface area contributed by atoms with Gasteiger partial charge in [-0.15, -0.1) is 0 Å². The highest BCUT2D eigenvalue weighted by Gasteiger charge is 2.27. The van der Waals surface area contributed by atoms with Crippen LogP contribution >= 0.6 is 27.5 Å². The molecule has 0 saturated carbocycles. The van der Waals surface area contributed by atoms with Crippen LogP contribution in [0.2, 0.25) is 5.02 Å². The molecule has 3 aromatic rings. The van der Waals surface area contributed by atoms with Crippen molar-refractivity contribution in [3.8, 4) is 0 Å². The summed E-state index contributed by atoms with van der Waals surface area (Å²) in [6, 6.07) is 19.4. The average Bonchev–Trinajstić information content (AvgIpc) is 2.80. The fourth-order valence-electron chi connectivity index (χ4n) is 4.43. The van der Waals surface area contributed by atoms with Crippen LogP contribution in [0.3, 0.4) is 0 Å². The highest BCUT2D eigenvalue weighted by atomic mass is 79.9. The van der Waals surface area contributed by atoms with Crippen molar-refractivity contribution in [2.45, 2.75) is 26.3 Å². The van der Waals surface area contributed by atoms with E-state index in [4.69, 9.17) is 11.6 Å². The van der Waals surface area contributed by atoms with Gasteiger partial charge in [0.05, 0.1) is 16.9 Å². The minimum Gasteiger partial charge on any atom is -0.368 e. The van der Waals surface area contributed by atoms with E-state index in [1.165, 1.54) is 0 Å². The maximum absolute atomic E-state index is 13.3. The predicted octanol–water partition coefficient (Wildman–Crippen LogP) is 6.62. The Morgan fingerprint density at radius 3 is 2.59 bits per heavy atom. The third-order valence-corrected chi connectivity index (χ3v) is 7.27. The summed E-state index contributed by atoms with van der Waals surface area (Å²) in [7, 11) is 1.95. The maximum atomic E-state index is 13.3. The van der Waals surface area contributed by atoms with Crippen LogP contribution in [0.5, 0.6) is 0 Å². The molecule has 1 saturated heterocycles. The summed E-state index contributed by atoms with van der Waals surface area (Å²) in [5, 5.41) is 7.30. The van der Waals surface area contributed by atoms with Gasteiger partial charge in [-0.25, -0.2) is 0 Å². The topological polar surface area (TPSA) is 47.6 Å². The van der Waals surface area contributed by atoms with E-state index in [0.29, 0.717) is 10.6 Å². The van der Waals surface area contributed by atoms with Crippen LogP contribution < -0.4 is 20.4 Å². The zero-order valence-corrected chi connectivity index (χ0v) is 22.3. The van der Waals surface area contributed by atoms with E-state index in [1.807, 2.05) is 73.5 Å². The first-order valence-electron chi connectivity index (χ1n) is 11.3. The molecule has 0 aromatic heterocycles. The average molecular weight is 542 g/mol. The molecule has 0 bridgehead atoms. The SMILES string of the molecule is Cc1c(Cl)cccc1N(C)c1ccccc1C(=O)Nc1ccc(N2CCNC(C)(C)C2)c(Br)c1. The molecular formula is C27H30BrClN4O. The number of benzene rings is 3. The molecule has 0 aliphatic carbocycles. The summed E-state index contributed by atoms with van der Waals surface area (Å²) in [6.07, 6.45) is 0. The Kier molecular flexibility index (Phi) is 7.22. The summed E-state index contributed by atoms with van der Waals surface area (Å²) >= 11 is 10.1. The largest absolute Gasteiger partial charge is 0.368 e. The Labute approximate surface area is 215 Å². The second-order valence-corrected chi connectivity index (χ2v) is 10.6. The van der Waals surface area contributed by atoms with Crippen molar-refractivity contribution in [2.75, 3.05) is 41.8 Å². The van der Waals surface area contributed by atoms with E-state index < -0.39 is 0 Å². The minimum atomic E-state index is -0.162. The van der Waals surface area contributed by atoms with Crippen LogP contribution in [0.15, 0.2) is 65.1 Å². The lowest BCUT2D eigenvalue weighted by Gasteiger charge is -2.40. The molecule has 34 heavy (non-hydrogen) atoms. The first kappa shape index (κ1) is 24.6. The number of rotatable bonds is 5. The monoisotopic (exact) mass is 540 g/mol. The van der Waals surface area contributed by atoms with Crippen molar-refractivity contribution in [3.63, 3.8) is 0 Å². The molecule has 3 aromatic carbocycles. The number of nitrogens with one attached hydrogen (secondary N) is 2. The fraction of sp³-hybridized carbons (Fsp3) is 0.296. The van der Waals surface area contributed by atoms with Crippen LogP contribution in [-0.2, 0) is 0 Å². The molecule has 1 aliphatic rings. The van der Waals surface area contributed by atoms with Crippen LogP contribution in [-0.4, -0.2) is 38.1 Å². The van der Waals surface area contributed by atoms with Gasteiger partial charge in [0.25, 0.3) is 5.91 Å². The Morgan fingerprint density at radius 1 is 1.12 bits per heavy atom. The zero-order valence-electron chi connectivity index (χ0n) is 20.0. The number of anilines is 4. The molecule has 1 fully saturated rings. The minimum absolute atomic E-state index is 0.0572. The van der Waals surface area contributed by atoms with Crippen molar-refractivity contribution >= 4 is 56.2 Å². The Hall–Kier alpha value is -2.54. The number of piperazine rings is 1. The molecule has 0 spiro atoms. The molecule has 4 rings (SSSR count). The molecule has 1 amide bonds. The van der Waals surface area contributed by atoms with E-state index in [9.17, 15) is 4.79 Å². The van der Waals surface area contributed by atoms with Crippen molar-refractivity contribution in [1.82, 2.24) is 5.32 Å². The van der Waals surface area contributed by atoms with Crippen molar-refractivity contribution < 1.29 is 4.79 Å². The Bertz CT molecular complexity index is 1210. The van der Waals surface area contributed by atoms with Gasteiger partial charge in [0.1, 0.15) is 0 Å². The lowest BCUT2D eigenvalue weighted by molar-refractivity contribution is 0.102. The van der Waals surface area contributed by atoms with Gasteiger partial charge in [-0.05, 0) is 84.7 Å². The molecule has 0 unspecified atom stereocenters. The number of nitrogens with zero attached hydrogens (tertiary/aromatic N) is 2. The first-order chi connectivity index (χ1) is 16.2. The van der Waals surface area contributed by atoms with E-state index in [0.717, 1.165) is 52.4 Å². The molecule has 1 aliphatic heterocycles. The lowest BCUT2D eigenvalue weighted by atomic mass is 10.0. The molecule has 178 valence electrons. The summed E-state index contributed by atoms with van der Waals surface area (Å²) in [5.74, 6) is -0.162. The molecule has 0 atom stereocenters. The highest BCUT2D eigenvalue weighted by molar-refractivity contribution is 9.10. The molecule has 1 heterocycles. The van der Waals surface area contributed by atoms with Crippen molar-refractivity contribution in [3.05, 3.63) is 81.3 Å². The van der Waals surface area contributed by atoms with Gasteiger partial charge < -0.3 is 20.4 Å². The van der Waals surface area contributed by atoms with E-state index in [-0.39, 0.29) is 11.4 Å². The van der Waals surface area contributed by atoms with Gasteiger partial charge in [-0.3, -0.25) is 4.79 Å². The van der Waals surface area contributed by atoms with Crippen LogP contribution in [0.25, 0.3) is 0 Å². The van der Waals surface area contributed by atoms with E-state index >= 15 is 0 Å². The molecule has 5 nitrogen and oxygen atoms in total. The third kappa shape index (κ3) is 5.24. The second-order valence-electron chi connectivity index (χ2n) is 9.31. The van der Waals surface area contributed by atoms with Crippen molar-refractivity contribution in [2.24, 2.45) is 0 Å². The van der Waals surface area contributed by atoms with Gasteiger partial charge in [-0.1, -0.05) is 29.8 Å². The van der Waals surface area contributed by atoms with Gasteiger partial charge in [-0.2, -0.15) is 0 Å². The number of para-hydroxylation sites is 1. The highest BCUT2D eigenvalue weighted by Crippen LogP contribution is 2.34. The number of carbonyl (C=O) groups is 1. The van der Waals surface area contributed by atoms with Gasteiger partial charge >= 0.3 is 0 Å². The van der Waals surface area contributed by atoms with Gasteiger partial charge in [0.2, 0.25) is 0 Å². The first-order valence-corrected chi connectivity index (χ1v) is 12.5. The Balaban J connectivity index is 1.56. The normalized spacial score (nSPS) is 15.2. The summed E-state index contributed by atoms with van der Waals surface area (Å²) in [5.41, 5.74) is 5.26. The summed E-state index contributed by atoms with van der Waals surface area (Å²) in [4.78, 5) is 17.7. The maximum Gasteiger partial charge on any atom is 0.257 e. The second kappa shape index (κ2) is 9.98. The molecule has 0 radical (unpaired) electrons. The van der Waals surface area contributed by atoms with Crippen molar-refractivity contribution in [1.29, 1.82) is 0 Å². The molecular weight excluding hydrogens is 512 g/mol. The van der Waals surface area contributed by atoms with Gasteiger partial charge in [0.15, 0.2) is 0 Å². The van der Waals surface area contributed by atoms with E-state index in [1.54, 1.807) is 0 Å². The lowest BCUT2D eigenvalue weighted by Crippen LogP contribution is -2.57. The summed E-state index contributed by atoms with van der Waals surface area (Å²) < 4.78 is 0.961. The smallest absolute Gasteiger partial charge is 0.257 e. The standard InChI is InChI=1S/C27H30BrClN4O/c1-18-22(29)9-7-11-23(18)32(4)24-10-6-5-8-20(24)26(34)31-19-12-13-25(21(28)16-19)33-15-14-30-27(2,3)17-33/h5-13,16,30H,14-15,17H2,1-4H3,(H,31,34). The molecule has 7 heteroatoms. The fourth-order valence-corrected chi connectivity index (χ4v) is 5.23. The number of hydrogen-bond donors (Lipinski definition) is 2. The van der Waals surface area contributed by atoms with E-state index in [2.05, 4.69) is 51.4 Å². The number of carbonyl (C=O) groups excluding carboxylic acids is 1. The number of hydrogen-bond acceptors (Lipinski definition) is 4.